The minimum atomic E-state index is -0.437. The molecule has 5 nitrogen and oxygen atoms in total. The molecule has 0 aliphatic rings. The molecule has 5 heteroatoms. The van der Waals surface area contributed by atoms with Crippen LogP contribution in [0.4, 0.5) is 4.79 Å². The van der Waals surface area contributed by atoms with Crippen molar-refractivity contribution in [2.75, 3.05) is 13.1 Å². The molecule has 0 aliphatic heterocycles. The van der Waals surface area contributed by atoms with Crippen molar-refractivity contribution in [3.63, 3.8) is 0 Å². The molecule has 0 aromatic heterocycles. The van der Waals surface area contributed by atoms with Gasteiger partial charge in [-0.25, -0.2) is 4.79 Å². The average molecular weight is 285 g/mol. The maximum Gasteiger partial charge on any atom is 0.321 e. The van der Waals surface area contributed by atoms with Crippen molar-refractivity contribution in [3.05, 3.63) is 0 Å². The van der Waals surface area contributed by atoms with Crippen LogP contribution in [0.5, 0.6) is 0 Å². The van der Waals surface area contributed by atoms with Gasteiger partial charge >= 0.3 is 6.03 Å². The molecule has 0 rings (SSSR count). The molecule has 3 amide bonds. The lowest BCUT2D eigenvalue weighted by molar-refractivity contribution is -0.121. The Morgan fingerprint density at radius 3 is 2.35 bits per heavy atom. The SMILES string of the molecule is CCCCCC(C)(C)CNC(C)C(=O)NC(=O)NCC. The van der Waals surface area contributed by atoms with Gasteiger partial charge in [0.1, 0.15) is 0 Å². The van der Waals surface area contributed by atoms with E-state index in [2.05, 4.69) is 36.7 Å². The minimum absolute atomic E-state index is 0.162. The fourth-order valence-corrected chi connectivity index (χ4v) is 1.89. The Labute approximate surface area is 123 Å². The lowest BCUT2D eigenvalue weighted by Crippen LogP contribution is -2.49. The number of hydrogen-bond donors (Lipinski definition) is 3. The third-order valence-electron chi connectivity index (χ3n) is 3.31. The van der Waals surface area contributed by atoms with Crippen LogP contribution in [-0.4, -0.2) is 31.1 Å². The van der Waals surface area contributed by atoms with E-state index in [4.69, 9.17) is 0 Å². The highest BCUT2D eigenvalue weighted by molar-refractivity contribution is 5.96. The first-order valence-corrected chi connectivity index (χ1v) is 7.64. The lowest BCUT2D eigenvalue weighted by atomic mass is 9.86. The molecule has 0 saturated carbocycles. The van der Waals surface area contributed by atoms with Gasteiger partial charge in [-0.2, -0.15) is 0 Å². The van der Waals surface area contributed by atoms with Crippen molar-refractivity contribution < 1.29 is 9.59 Å². The lowest BCUT2D eigenvalue weighted by Gasteiger charge is -2.27. The van der Waals surface area contributed by atoms with E-state index in [1.165, 1.54) is 19.3 Å². The monoisotopic (exact) mass is 285 g/mol. The molecule has 0 heterocycles. The molecule has 20 heavy (non-hydrogen) atoms. The second kappa shape index (κ2) is 9.75. The molecule has 0 spiro atoms. The van der Waals surface area contributed by atoms with Gasteiger partial charge < -0.3 is 10.6 Å². The Hall–Kier alpha value is -1.10. The third kappa shape index (κ3) is 8.91. The zero-order chi connectivity index (χ0) is 15.6. The van der Waals surface area contributed by atoms with Gasteiger partial charge in [0, 0.05) is 13.1 Å². The maximum absolute atomic E-state index is 11.8. The Morgan fingerprint density at radius 1 is 1.15 bits per heavy atom. The largest absolute Gasteiger partial charge is 0.338 e. The summed E-state index contributed by atoms with van der Waals surface area (Å²) in [5.41, 5.74) is 0.162. The quantitative estimate of drug-likeness (QED) is 0.570. The number of hydrogen-bond acceptors (Lipinski definition) is 3. The van der Waals surface area contributed by atoms with E-state index in [0.717, 1.165) is 13.0 Å². The highest BCUT2D eigenvalue weighted by Gasteiger charge is 2.21. The Bertz CT molecular complexity index is 303. The van der Waals surface area contributed by atoms with E-state index in [0.29, 0.717) is 6.54 Å². The number of rotatable bonds is 9. The van der Waals surface area contributed by atoms with Crippen LogP contribution >= 0.6 is 0 Å². The first-order valence-electron chi connectivity index (χ1n) is 7.64. The molecule has 0 aromatic carbocycles. The number of unbranched alkanes of at least 4 members (excludes halogenated alkanes) is 2. The molecular weight excluding hydrogens is 254 g/mol. The molecule has 0 fully saturated rings. The van der Waals surface area contributed by atoms with Crippen molar-refractivity contribution in [2.24, 2.45) is 5.41 Å². The number of carbonyl (C=O) groups is 2. The first kappa shape index (κ1) is 18.9. The molecule has 0 aromatic rings. The number of urea groups is 1. The summed E-state index contributed by atoms with van der Waals surface area (Å²) < 4.78 is 0. The zero-order valence-electron chi connectivity index (χ0n) is 13.6. The molecule has 1 unspecified atom stereocenters. The Morgan fingerprint density at radius 2 is 1.80 bits per heavy atom. The standard InChI is InChI=1S/C15H31N3O2/c1-6-8-9-10-15(4,5)11-17-12(3)13(19)18-14(20)16-7-2/h12,17H,6-11H2,1-5H3,(H2,16,18,19,20). The Kier molecular flexibility index (Phi) is 9.21. The van der Waals surface area contributed by atoms with Gasteiger partial charge in [-0.1, -0.05) is 40.0 Å². The highest BCUT2D eigenvalue weighted by Crippen LogP contribution is 2.22. The summed E-state index contributed by atoms with van der Waals surface area (Å²) in [6, 6.07) is -0.809. The smallest absolute Gasteiger partial charge is 0.321 e. The summed E-state index contributed by atoms with van der Waals surface area (Å²) in [5, 5.41) is 8.06. The van der Waals surface area contributed by atoms with Crippen LogP contribution < -0.4 is 16.0 Å². The first-order chi connectivity index (χ1) is 9.32. The molecule has 0 saturated heterocycles. The fraction of sp³-hybridized carbons (Fsp3) is 0.867. The highest BCUT2D eigenvalue weighted by atomic mass is 16.2. The van der Waals surface area contributed by atoms with E-state index in [9.17, 15) is 9.59 Å². The minimum Gasteiger partial charge on any atom is -0.338 e. The van der Waals surface area contributed by atoms with Gasteiger partial charge in [0.15, 0.2) is 0 Å². The topological polar surface area (TPSA) is 70.2 Å². The molecule has 0 bridgehead atoms. The fourth-order valence-electron chi connectivity index (χ4n) is 1.89. The molecular formula is C15H31N3O2. The predicted molar refractivity (Wildman–Crippen MR) is 82.6 cm³/mol. The van der Waals surface area contributed by atoms with Crippen LogP contribution in [0, 0.1) is 5.41 Å². The van der Waals surface area contributed by atoms with E-state index in [1.807, 2.05) is 6.92 Å². The van der Waals surface area contributed by atoms with E-state index < -0.39 is 6.03 Å². The van der Waals surface area contributed by atoms with Crippen molar-refractivity contribution in [2.45, 2.75) is 66.3 Å². The van der Waals surface area contributed by atoms with E-state index in [-0.39, 0.29) is 17.4 Å². The summed E-state index contributed by atoms with van der Waals surface area (Å²) in [6.45, 7) is 11.4. The van der Waals surface area contributed by atoms with E-state index in [1.54, 1.807) is 6.92 Å². The van der Waals surface area contributed by atoms with E-state index >= 15 is 0 Å². The number of carbonyl (C=O) groups excluding carboxylic acids is 2. The van der Waals surface area contributed by atoms with Crippen LogP contribution in [0.3, 0.4) is 0 Å². The second-order valence-corrected chi connectivity index (χ2v) is 6.07. The summed E-state index contributed by atoms with van der Waals surface area (Å²) in [4.78, 5) is 23.0. The van der Waals surface area contributed by atoms with Crippen molar-refractivity contribution in [1.29, 1.82) is 0 Å². The predicted octanol–water partition coefficient (Wildman–Crippen LogP) is 2.42. The molecule has 3 N–H and O–H groups in total. The molecule has 1 atom stereocenters. The number of amides is 3. The third-order valence-corrected chi connectivity index (χ3v) is 3.31. The van der Waals surface area contributed by atoms with Gasteiger partial charge in [-0.05, 0) is 25.7 Å². The van der Waals surface area contributed by atoms with Crippen molar-refractivity contribution in [1.82, 2.24) is 16.0 Å². The summed E-state index contributed by atoms with van der Waals surface area (Å²) >= 11 is 0. The van der Waals surface area contributed by atoms with Gasteiger partial charge in [-0.3, -0.25) is 10.1 Å². The van der Waals surface area contributed by atoms with Crippen LogP contribution in [-0.2, 0) is 4.79 Å². The maximum atomic E-state index is 11.8. The van der Waals surface area contributed by atoms with Gasteiger partial charge in [0.05, 0.1) is 6.04 Å². The van der Waals surface area contributed by atoms with Gasteiger partial charge in [-0.15, -0.1) is 0 Å². The van der Waals surface area contributed by atoms with Crippen LogP contribution in [0.15, 0.2) is 0 Å². The molecule has 118 valence electrons. The van der Waals surface area contributed by atoms with Gasteiger partial charge in [0.2, 0.25) is 5.91 Å². The normalized spacial score (nSPS) is 12.8. The number of nitrogens with one attached hydrogen (secondary N) is 3. The zero-order valence-corrected chi connectivity index (χ0v) is 13.6. The summed E-state index contributed by atoms with van der Waals surface area (Å²) in [7, 11) is 0. The average Bonchev–Trinajstić information content (AvgIpc) is 2.36. The number of imide groups is 1. The van der Waals surface area contributed by atoms with Crippen LogP contribution in [0.25, 0.3) is 0 Å². The van der Waals surface area contributed by atoms with Crippen LogP contribution in [0.2, 0.25) is 0 Å². The van der Waals surface area contributed by atoms with Crippen molar-refractivity contribution >= 4 is 11.9 Å². The Balaban J connectivity index is 4.03. The van der Waals surface area contributed by atoms with Crippen LogP contribution in [0.1, 0.15) is 60.3 Å². The molecule has 0 aliphatic carbocycles. The van der Waals surface area contributed by atoms with Gasteiger partial charge in [0.25, 0.3) is 0 Å². The summed E-state index contributed by atoms with van der Waals surface area (Å²) in [6.07, 6.45) is 4.81. The molecule has 0 radical (unpaired) electrons. The summed E-state index contributed by atoms with van der Waals surface area (Å²) in [5.74, 6) is -0.291. The van der Waals surface area contributed by atoms with Crippen molar-refractivity contribution in [3.8, 4) is 0 Å². The second-order valence-electron chi connectivity index (χ2n) is 6.07.